The fourth-order valence-corrected chi connectivity index (χ4v) is 2.27. The van der Waals surface area contributed by atoms with Crippen LogP contribution in [-0.4, -0.2) is 53.8 Å². The first kappa shape index (κ1) is 15.0. The molecule has 112 valence electrons. The first-order valence-electron chi connectivity index (χ1n) is 6.80. The molecule has 1 heterocycles. The number of carbonyl (C=O) groups excluding carboxylic acids is 3. The number of benzene rings is 1. The van der Waals surface area contributed by atoms with E-state index >= 15 is 0 Å². The van der Waals surface area contributed by atoms with E-state index in [0.717, 1.165) is 0 Å². The molecule has 0 radical (unpaired) electrons. The van der Waals surface area contributed by atoms with Crippen molar-refractivity contribution < 1.29 is 19.1 Å². The number of esters is 1. The number of piperazine rings is 1. The van der Waals surface area contributed by atoms with Crippen molar-refractivity contribution in [1.29, 1.82) is 0 Å². The summed E-state index contributed by atoms with van der Waals surface area (Å²) in [5, 5.41) is 0. The largest absolute Gasteiger partial charge is 0.427 e. The number of ether oxygens (including phenoxy) is 1. The van der Waals surface area contributed by atoms with Gasteiger partial charge in [-0.3, -0.25) is 14.4 Å². The Morgan fingerprint density at radius 1 is 1.00 bits per heavy atom. The van der Waals surface area contributed by atoms with Gasteiger partial charge in [0.1, 0.15) is 5.75 Å². The summed E-state index contributed by atoms with van der Waals surface area (Å²) in [6, 6.07) is 6.55. The zero-order valence-corrected chi connectivity index (χ0v) is 12.2. The van der Waals surface area contributed by atoms with Crippen molar-refractivity contribution in [3.63, 3.8) is 0 Å². The van der Waals surface area contributed by atoms with Crippen molar-refractivity contribution in [2.75, 3.05) is 26.2 Å². The molecule has 6 heteroatoms. The van der Waals surface area contributed by atoms with E-state index in [0.29, 0.717) is 37.5 Å². The van der Waals surface area contributed by atoms with Crippen LogP contribution in [0.1, 0.15) is 24.2 Å². The van der Waals surface area contributed by atoms with Gasteiger partial charge in [0, 0.05) is 45.6 Å². The van der Waals surface area contributed by atoms with E-state index in [1.54, 1.807) is 34.1 Å². The topological polar surface area (TPSA) is 66.9 Å². The molecule has 1 aliphatic rings. The van der Waals surface area contributed by atoms with Crippen LogP contribution >= 0.6 is 0 Å². The highest BCUT2D eigenvalue weighted by atomic mass is 16.5. The maximum Gasteiger partial charge on any atom is 0.308 e. The lowest BCUT2D eigenvalue weighted by atomic mass is 10.1. The Balaban J connectivity index is 2.04. The fourth-order valence-electron chi connectivity index (χ4n) is 2.27. The van der Waals surface area contributed by atoms with E-state index in [4.69, 9.17) is 4.74 Å². The second-order valence-corrected chi connectivity index (χ2v) is 4.92. The molecule has 2 amide bonds. The van der Waals surface area contributed by atoms with E-state index in [1.807, 2.05) is 0 Å². The number of hydrogen-bond donors (Lipinski definition) is 0. The van der Waals surface area contributed by atoms with Crippen LogP contribution in [0.5, 0.6) is 5.75 Å². The van der Waals surface area contributed by atoms with Crippen LogP contribution in [0.15, 0.2) is 24.3 Å². The highest BCUT2D eigenvalue weighted by Gasteiger charge is 2.23. The van der Waals surface area contributed by atoms with Gasteiger partial charge in [-0.15, -0.1) is 0 Å². The summed E-state index contributed by atoms with van der Waals surface area (Å²) >= 11 is 0. The smallest absolute Gasteiger partial charge is 0.308 e. The van der Waals surface area contributed by atoms with Crippen LogP contribution in [0.3, 0.4) is 0 Å². The van der Waals surface area contributed by atoms with Gasteiger partial charge in [-0.05, 0) is 18.2 Å². The zero-order chi connectivity index (χ0) is 15.4. The summed E-state index contributed by atoms with van der Waals surface area (Å²) in [6.45, 7) is 4.96. The van der Waals surface area contributed by atoms with E-state index < -0.39 is 5.97 Å². The molecule has 0 aromatic heterocycles. The van der Waals surface area contributed by atoms with Crippen LogP contribution in [0.4, 0.5) is 0 Å². The fraction of sp³-hybridized carbons (Fsp3) is 0.400. The standard InChI is InChI=1S/C15H18N2O4/c1-11(18)16-6-8-17(9-7-16)15(20)13-4-3-5-14(10-13)21-12(2)19/h3-5,10H,6-9H2,1-2H3. The Hall–Kier alpha value is -2.37. The van der Waals surface area contributed by atoms with Crippen LogP contribution < -0.4 is 4.74 Å². The monoisotopic (exact) mass is 290 g/mol. The Morgan fingerprint density at radius 3 is 2.19 bits per heavy atom. The van der Waals surface area contributed by atoms with Crippen molar-refractivity contribution in [3.05, 3.63) is 29.8 Å². The number of hydrogen-bond acceptors (Lipinski definition) is 4. The van der Waals surface area contributed by atoms with Gasteiger partial charge in [0.15, 0.2) is 0 Å². The van der Waals surface area contributed by atoms with Gasteiger partial charge in [0.2, 0.25) is 5.91 Å². The summed E-state index contributed by atoms with van der Waals surface area (Å²) < 4.78 is 4.98. The first-order chi connectivity index (χ1) is 9.97. The molecule has 2 rings (SSSR count). The quantitative estimate of drug-likeness (QED) is 0.600. The molecule has 1 aliphatic heterocycles. The molecule has 1 fully saturated rings. The van der Waals surface area contributed by atoms with Crippen LogP contribution in [0.25, 0.3) is 0 Å². The third-order valence-corrected chi connectivity index (χ3v) is 3.35. The maximum absolute atomic E-state index is 12.4. The maximum atomic E-state index is 12.4. The SMILES string of the molecule is CC(=O)Oc1cccc(C(=O)N2CCN(C(C)=O)CC2)c1. The van der Waals surface area contributed by atoms with Gasteiger partial charge in [-0.2, -0.15) is 0 Å². The molecule has 1 aromatic carbocycles. The molecule has 6 nitrogen and oxygen atoms in total. The summed E-state index contributed by atoms with van der Waals surface area (Å²) in [6.07, 6.45) is 0. The average Bonchev–Trinajstić information content (AvgIpc) is 2.46. The van der Waals surface area contributed by atoms with Crippen LogP contribution in [0, 0.1) is 0 Å². The van der Waals surface area contributed by atoms with E-state index in [1.165, 1.54) is 13.8 Å². The predicted molar refractivity (Wildman–Crippen MR) is 75.9 cm³/mol. The lowest BCUT2D eigenvalue weighted by Gasteiger charge is -2.34. The molecule has 0 unspecified atom stereocenters. The molecule has 1 aromatic rings. The minimum atomic E-state index is -0.422. The summed E-state index contributed by atoms with van der Waals surface area (Å²) in [4.78, 5) is 38.0. The van der Waals surface area contributed by atoms with Crippen molar-refractivity contribution in [2.45, 2.75) is 13.8 Å². The zero-order valence-electron chi connectivity index (χ0n) is 12.2. The summed E-state index contributed by atoms with van der Waals surface area (Å²) in [7, 11) is 0. The minimum Gasteiger partial charge on any atom is -0.427 e. The average molecular weight is 290 g/mol. The molecule has 0 N–H and O–H groups in total. The first-order valence-corrected chi connectivity index (χ1v) is 6.80. The Morgan fingerprint density at radius 2 is 1.62 bits per heavy atom. The van der Waals surface area contributed by atoms with Crippen LogP contribution in [-0.2, 0) is 9.59 Å². The number of nitrogens with zero attached hydrogens (tertiary/aromatic N) is 2. The van der Waals surface area contributed by atoms with Crippen molar-refractivity contribution >= 4 is 17.8 Å². The van der Waals surface area contributed by atoms with Gasteiger partial charge < -0.3 is 14.5 Å². The summed E-state index contributed by atoms with van der Waals surface area (Å²) in [5.41, 5.74) is 0.477. The lowest BCUT2D eigenvalue weighted by Crippen LogP contribution is -2.50. The summed E-state index contributed by atoms with van der Waals surface area (Å²) in [5.74, 6) is -0.156. The molecule has 0 atom stereocenters. The number of amides is 2. The van der Waals surface area contributed by atoms with E-state index in [9.17, 15) is 14.4 Å². The molecular formula is C15H18N2O4. The molecular weight excluding hydrogens is 272 g/mol. The Labute approximate surface area is 123 Å². The normalized spacial score (nSPS) is 14.8. The highest BCUT2D eigenvalue weighted by molar-refractivity contribution is 5.95. The number of rotatable bonds is 2. The predicted octanol–water partition coefficient (Wildman–Crippen LogP) is 0.916. The van der Waals surface area contributed by atoms with Gasteiger partial charge in [0.05, 0.1) is 0 Å². The third-order valence-electron chi connectivity index (χ3n) is 3.35. The van der Waals surface area contributed by atoms with Crippen molar-refractivity contribution in [2.24, 2.45) is 0 Å². The molecule has 0 bridgehead atoms. The third kappa shape index (κ3) is 3.81. The van der Waals surface area contributed by atoms with E-state index in [-0.39, 0.29) is 11.8 Å². The molecule has 0 saturated carbocycles. The molecule has 21 heavy (non-hydrogen) atoms. The highest BCUT2D eigenvalue weighted by Crippen LogP contribution is 2.16. The van der Waals surface area contributed by atoms with Gasteiger partial charge in [-0.1, -0.05) is 6.07 Å². The Bertz CT molecular complexity index is 563. The minimum absolute atomic E-state index is 0.0268. The van der Waals surface area contributed by atoms with Crippen molar-refractivity contribution in [1.82, 2.24) is 9.80 Å². The van der Waals surface area contributed by atoms with Gasteiger partial charge in [-0.25, -0.2) is 0 Å². The lowest BCUT2D eigenvalue weighted by molar-refractivity contribution is -0.132. The van der Waals surface area contributed by atoms with Gasteiger partial charge >= 0.3 is 5.97 Å². The van der Waals surface area contributed by atoms with Crippen molar-refractivity contribution in [3.8, 4) is 5.75 Å². The Kier molecular flexibility index (Phi) is 4.57. The van der Waals surface area contributed by atoms with Gasteiger partial charge in [0.25, 0.3) is 5.91 Å². The molecule has 0 aliphatic carbocycles. The molecule has 1 saturated heterocycles. The second-order valence-electron chi connectivity index (χ2n) is 4.92. The molecule has 0 spiro atoms. The number of carbonyl (C=O) groups is 3. The second kappa shape index (κ2) is 6.39. The van der Waals surface area contributed by atoms with E-state index in [2.05, 4.69) is 0 Å². The van der Waals surface area contributed by atoms with Crippen LogP contribution in [0.2, 0.25) is 0 Å².